The van der Waals surface area contributed by atoms with Gasteiger partial charge < -0.3 is 15.0 Å². The van der Waals surface area contributed by atoms with Gasteiger partial charge in [-0.05, 0) is 44.6 Å². The van der Waals surface area contributed by atoms with Crippen molar-refractivity contribution in [1.29, 1.82) is 0 Å². The molecule has 0 aliphatic rings. The van der Waals surface area contributed by atoms with Gasteiger partial charge in [-0.2, -0.15) is 0 Å². The second kappa shape index (κ2) is 8.01. The van der Waals surface area contributed by atoms with Crippen molar-refractivity contribution in [3.63, 3.8) is 0 Å². The summed E-state index contributed by atoms with van der Waals surface area (Å²) >= 11 is 1.62. The fourth-order valence-corrected chi connectivity index (χ4v) is 2.91. The molecule has 0 spiro atoms. The van der Waals surface area contributed by atoms with Crippen molar-refractivity contribution in [2.24, 2.45) is 5.41 Å². The molecule has 0 aliphatic carbocycles. The summed E-state index contributed by atoms with van der Waals surface area (Å²) in [4.78, 5) is 28.0. The molecule has 6 heteroatoms. The lowest BCUT2D eigenvalue weighted by Gasteiger charge is -2.35. The quantitative estimate of drug-likeness (QED) is 0.868. The summed E-state index contributed by atoms with van der Waals surface area (Å²) in [7, 11) is 0. The molecular formula is C18H30N2O3S. The van der Waals surface area contributed by atoms with Crippen LogP contribution in [0, 0.1) is 5.41 Å². The maximum Gasteiger partial charge on any atom is 0.408 e. The first kappa shape index (κ1) is 20.5. The number of likely N-dealkylation sites (N-methyl/N-ethyl adjacent to an activating group) is 1. The highest BCUT2D eigenvalue weighted by molar-refractivity contribution is 7.09. The van der Waals surface area contributed by atoms with E-state index in [0.29, 0.717) is 13.1 Å². The highest BCUT2D eigenvalue weighted by atomic mass is 32.1. The van der Waals surface area contributed by atoms with Gasteiger partial charge in [0.1, 0.15) is 11.6 Å². The SMILES string of the molecule is CCN(Cc1cccs1)C(=O)[C@@H](NC(=O)OC(C)(C)C)C(C)(C)C. The maximum absolute atomic E-state index is 13.0. The number of thiophene rings is 1. The van der Waals surface area contributed by atoms with E-state index in [1.807, 2.05) is 45.2 Å². The summed E-state index contributed by atoms with van der Waals surface area (Å²) < 4.78 is 5.31. The zero-order chi connectivity index (χ0) is 18.5. The van der Waals surface area contributed by atoms with Crippen LogP contribution in [0.5, 0.6) is 0 Å². The van der Waals surface area contributed by atoms with Gasteiger partial charge in [0.25, 0.3) is 0 Å². The zero-order valence-electron chi connectivity index (χ0n) is 15.8. The molecule has 2 amide bonds. The fraction of sp³-hybridized carbons (Fsp3) is 0.667. The van der Waals surface area contributed by atoms with Crippen LogP contribution in [0.25, 0.3) is 0 Å². The average Bonchev–Trinajstić information content (AvgIpc) is 2.91. The molecule has 1 atom stereocenters. The number of hydrogen-bond donors (Lipinski definition) is 1. The van der Waals surface area contributed by atoms with Crippen LogP contribution in [-0.2, 0) is 16.1 Å². The van der Waals surface area contributed by atoms with Gasteiger partial charge in [0.15, 0.2) is 0 Å². The Hall–Kier alpha value is -1.56. The second-order valence-corrected chi connectivity index (χ2v) is 8.91. The van der Waals surface area contributed by atoms with Crippen molar-refractivity contribution in [3.8, 4) is 0 Å². The van der Waals surface area contributed by atoms with Gasteiger partial charge in [0.05, 0.1) is 6.54 Å². The number of carbonyl (C=O) groups is 2. The van der Waals surface area contributed by atoms with Gasteiger partial charge in [-0.25, -0.2) is 4.79 Å². The van der Waals surface area contributed by atoms with E-state index in [4.69, 9.17) is 4.74 Å². The molecule has 0 aromatic carbocycles. The smallest absolute Gasteiger partial charge is 0.408 e. The van der Waals surface area contributed by atoms with Crippen molar-refractivity contribution >= 4 is 23.3 Å². The molecule has 1 N–H and O–H groups in total. The van der Waals surface area contributed by atoms with E-state index in [0.717, 1.165) is 4.88 Å². The van der Waals surface area contributed by atoms with E-state index in [-0.39, 0.29) is 5.91 Å². The Morgan fingerprint density at radius 2 is 1.88 bits per heavy atom. The first-order valence-corrected chi connectivity index (χ1v) is 9.12. The van der Waals surface area contributed by atoms with E-state index >= 15 is 0 Å². The van der Waals surface area contributed by atoms with Crippen LogP contribution in [0.15, 0.2) is 17.5 Å². The molecule has 0 aliphatic heterocycles. The number of nitrogens with zero attached hydrogens (tertiary/aromatic N) is 1. The van der Waals surface area contributed by atoms with E-state index in [2.05, 4.69) is 5.32 Å². The molecule has 24 heavy (non-hydrogen) atoms. The van der Waals surface area contributed by atoms with Gasteiger partial charge in [-0.15, -0.1) is 11.3 Å². The van der Waals surface area contributed by atoms with Gasteiger partial charge >= 0.3 is 6.09 Å². The third-order valence-corrected chi connectivity index (χ3v) is 4.26. The molecule has 1 aromatic rings. The highest BCUT2D eigenvalue weighted by Gasteiger charge is 2.36. The van der Waals surface area contributed by atoms with E-state index < -0.39 is 23.2 Å². The Balaban J connectivity index is 2.89. The lowest BCUT2D eigenvalue weighted by atomic mass is 9.86. The van der Waals surface area contributed by atoms with Gasteiger partial charge in [-0.3, -0.25) is 4.79 Å². The molecule has 0 fully saturated rings. The number of carbonyl (C=O) groups excluding carboxylic acids is 2. The molecular weight excluding hydrogens is 324 g/mol. The minimum atomic E-state index is -0.646. The second-order valence-electron chi connectivity index (χ2n) is 7.88. The van der Waals surface area contributed by atoms with E-state index in [1.165, 1.54) is 0 Å². The van der Waals surface area contributed by atoms with E-state index in [9.17, 15) is 9.59 Å². The monoisotopic (exact) mass is 354 g/mol. The minimum Gasteiger partial charge on any atom is -0.444 e. The summed E-state index contributed by atoms with van der Waals surface area (Å²) in [6, 6.07) is 3.33. The number of hydrogen-bond acceptors (Lipinski definition) is 4. The van der Waals surface area contributed by atoms with Crippen molar-refractivity contribution in [3.05, 3.63) is 22.4 Å². The Labute approximate surface area is 149 Å². The normalized spacial score (nSPS) is 13.3. The van der Waals surface area contributed by atoms with Gasteiger partial charge in [0.2, 0.25) is 5.91 Å². The predicted octanol–water partition coefficient (Wildman–Crippen LogP) is 4.04. The van der Waals surface area contributed by atoms with Crippen molar-refractivity contribution in [2.75, 3.05) is 6.54 Å². The third kappa shape index (κ3) is 6.51. The van der Waals surface area contributed by atoms with Crippen LogP contribution in [0.1, 0.15) is 53.3 Å². The molecule has 0 unspecified atom stereocenters. The first-order chi connectivity index (χ1) is 10.9. The summed E-state index contributed by atoms with van der Waals surface area (Å²) in [6.45, 7) is 14.3. The highest BCUT2D eigenvalue weighted by Crippen LogP contribution is 2.23. The Bertz CT molecular complexity index is 542. The molecule has 1 heterocycles. The molecule has 5 nitrogen and oxygen atoms in total. The number of alkyl carbamates (subject to hydrolysis) is 1. The lowest BCUT2D eigenvalue weighted by molar-refractivity contribution is -0.136. The molecule has 0 saturated heterocycles. The summed E-state index contributed by atoms with van der Waals surface area (Å²) in [6.07, 6.45) is -0.567. The Morgan fingerprint density at radius 3 is 2.29 bits per heavy atom. The summed E-state index contributed by atoms with van der Waals surface area (Å²) in [5.41, 5.74) is -1.02. The lowest BCUT2D eigenvalue weighted by Crippen LogP contribution is -2.55. The Kier molecular flexibility index (Phi) is 6.84. The van der Waals surface area contributed by atoms with Crippen LogP contribution in [0.2, 0.25) is 0 Å². The maximum atomic E-state index is 13.0. The largest absolute Gasteiger partial charge is 0.444 e. The number of ether oxygens (including phenoxy) is 1. The van der Waals surface area contributed by atoms with Crippen molar-refractivity contribution in [2.45, 2.75) is 66.7 Å². The first-order valence-electron chi connectivity index (χ1n) is 8.24. The van der Waals surface area contributed by atoms with Crippen molar-refractivity contribution in [1.82, 2.24) is 10.2 Å². The molecule has 1 aromatic heterocycles. The summed E-state index contributed by atoms with van der Waals surface area (Å²) in [5, 5.41) is 4.75. The molecule has 0 radical (unpaired) electrons. The third-order valence-electron chi connectivity index (χ3n) is 3.39. The zero-order valence-corrected chi connectivity index (χ0v) is 16.6. The molecule has 136 valence electrons. The van der Waals surface area contributed by atoms with Crippen LogP contribution in [-0.4, -0.2) is 35.1 Å². The van der Waals surface area contributed by atoms with Crippen LogP contribution < -0.4 is 5.32 Å². The summed E-state index contributed by atoms with van der Waals surface area (Å²) in [5.74, 6) is -0.0933. The minimum absolute atomic E-state index is 0.0933. The predicted molar refractivity (Wildman–Crippen MR) is 98.0 cm³/mol. The molecule has 1 rings (SSSR count). The molecule has 0 bridgehead atoms. The number of amides is 2. The average molecular weight is 355 g/mol. The standard InChI is InChI=1S/C18H30N2O3S/c1-8-20(12-13-10-9-11-24-13)15(21)14(17(2,3)4)19-16(22)23-18(5,6)7/h9-11,14H,8,12H2,1-7H3,(H,19,22)/t14-/m1/s1. The Morgan fingerprint density at radius 1 is 1.25 bits per heavy atom. The van der Waals surface area contributed by atoms with Gasteiger partial charge in [0, 0.05) is 11.4 Å². The van der Waals surface area contributed by atoms with Crippen LogP contribution >= 0.6 is 11.3 Å². The van der Waals surface area contributed by atoms with Gasteiger partial charge in [-0.1, -0.05) is 26.8 Å². The number of nitrogens with one attached hydrogen (secondary N) is 1. The topological polar surface area (TPSA) is 58.6 Å². The fourth-order valence-electron chi connectivity index (χ4n) is 2.19. The molecule has 0 saturated carbocycles. The van der Waals surface area contributed by atoms with Crippen LogP contribution in [0.3, 0.4) is 0 Å². The number of rotatable bonds is 5. The van der Waals surface area contributed by atoms with Crippen LogP contribution in [0.4, 0.5) is 4.79 Å². The van der Waals surface area contributed by atoms with Crippen molar-refractivity contribution < 1.29 is 14.3 Å². The van der Waals surface area contributed by atoms with E-state index in [1.54, 1.807) is 37.0 Å².